The summed E-state index contributed by atoms with van der Waals surface area (Å²) in [4.78, 5) is 11.9. The molecule has 0 heterocycles. The van der Waals surface area contributed by atoms with Gasteiger partial charge in [-0.05, 0) is 24.1 Å². The van der Waals surface area contributed by atoms with Gasteiger partial charge >= 0.3 is 0 Å². The number of amides is 1. The van der Waals surface area contributed by atoms with Crippen LogP contribution in [0.4, 0.5) is 8.78 Å². The Labute approximate surface area is 122 Å². The topological polar surface area (TPSA) is 55.1 Å². The summed E-state index contributed by atoms with van der Waals surface area (Å²) in [6, 6.07) is 7.04. The first-order valence-electron chi connectivity index (χ1n) is 6.49. The molecule has 0 aliphatic heterocycles. The van der Waals surface area contributed by atoms with Crippen LogP contribution in [0.25, 0.3) is 0 Å². The van der Waals surface area contributed by atoms with Crippen molar-refractivity contribution in [2.45, 2.75) is 43.2 Å². The maximum Gasteiger partial charge on any atom is 0.252 e. The fraction of sp³-hybridized carbons (Fsp3) is 0.500. The quantitative estimate of drug-likeness (QED) is 0.901. The molecule has 1 amide bonds. The molecule has 0 spiro atoms. The van der Waals surface area contributed by atoms with Crippen LogP contribution in [0.1, 0.15) is 41.1 Å². The Kier molecular flexibility index (Phi) is 4.02. The Bertz CT molecular complexity index is 516. The molecule has 2 unspecified atom stereocenters. The van der Waals surface area contributed by atoms with Crippen molar-refractivity contribution in [1.29, 1.82) is 0 Å². The minimum absolute atomic E-state index is 0. The number of carbonyl (C=O) groups excluding carboxylic acids is 1. The summed E-state index contributed by atoms with van der Waals surface area (Å²) in [6.45, 7) is 0. The molecule has 3 N–H and O–H groups in total. The average molecular weight is 303 g/mol. The van der Waals surface area contributed by atoms with E-state index in [0.29, 0.717) is 11.5 Å². The number of nitrogens with one attached hydrogen (secondary N) is 1. The van der Waals surface area contributed by atoms with E-state index in [-0.39, 0.29) is 37.2 Å². The van der Waals surface area contributed by atoms with E-state index in [0.717, 1.165) is 12.0 Å². The third-order valence-corrected chi connectivity index (χ3v) is 3.84. The Hall–Kier alpha value is -1.20. The van der Waals surface area contributed by atoms with E-state index < -0.39 is 12.0 Å². The third-order valence-electron chi connectivity index (χ3n) is 3.84. The minimum Gasteiger partial charge on any atom is -0.349 e. The molecule has 110 valence electrons. The van der Waals surface area contributed by atoms with Crippen LogP contribution in [0.15, 0.2) is 24.3 Å². The van der Waals surface area contributed by atoms with E-state index in [1.54, 1.807) is 6.07 Å². The molecule has 1 aromatic carbocycles. The fourth-order valence-electron chi connectivity index (χ4n) is 2.54. The lowest BCUT2D eigenvalue weighted by Gasteiger charge is -2.35. The van der Waals surface area contributed by atoms with E-state index in [1.807, 2.05) is 18.2 Å². The van der Waals surface area contributed by atoms with E-state index in [9.17, 15) is 13.6 Å². The Balaban J connectivity index is 0.00000147. The first-order valence-corrected chi connectivity index (χ1v) is 6.49. The van der Waals surface area contributed by atoms with Crippen LogP contribution in [-0.4, -0.2) is 23.9 Å². The van der Waals surface area contributed by atoms with Gasteiger partial charge in [0.15, 0.2) is 0 Å². The highest BCUT2D eigenvalue weighted by molar-refractivity contribution is 5.94. The van der Waals surface area contributed by atoms with Gasteiger partial charge in [-0.2, -0.15) is 0 Å². The van der Waals surface area contributed by atoms with Gasteiger partial charge in [0.1, 0.15) is 0 Å². The molecule has 20 heavy (non-hydrogen) atoms. The van der Waals surface area contributed by atoms with Crippen molar-refractivity contribution >= 4 is 18.3 Å². The van der Waals surface area contributed by atoms with E-state index in [1.165, 1.54) is 0 Å². The second-order valence-electron chi connectivity index (χ2n) is 5.57. The van der Waals surface area contributed by atoms with E-state index in [4.69, 9.17) is 5.73 Å². The molecule has 3 rings (SSSR count). The van der Waals surface area contributed by atoms with Crippen LogP contribution >= 0.6 is 12.4 Å². The zero-order valence-electron chi connectivity index (χ0n) is 10.8. The maximum atomic E-state index is 12.7. The van der Waals surface area contributed by atoms with Crippen LogP contribution in [0.3, 0.4) is 0 Å². The van der Waals surface area contributed by atoms with Gasteiger partial charge in [0.2, 0.25) is 0 Å². The number of hydrogen-bond acceptors (Lipinski definition) is 2. The largest absolute Gasteiger partial charge is 0.349 e. The SMILES string of the molecule is Cl.NC1CC1c1cccc(C(=O)NC2CC(F)(F)C2)c1. The van der Waals surface area contributed by atoms with Gasteiger partial charge in [-0.3, -0.25) is 4.79 Å². The highest BCUT2D eigenvalue weighted by Gasteiger charge is 2.46. The normalized spacial score (nSPS) is 27.1. The summed E-state index contributed by atoms with van der Waals surface area (Å²) in [5, 5.41) is 2.64. The van der Waals surface area contributed by atoms with Crippen LogP contribution in [0, 0.1) is 0 Å². The lowest BCUT2D eigenvalue weighted by atomic mass is 9.88. The molecular weight excluding hydrogens is 286 g/mol. The number of alkyl halides is 2. The highest BCUT2D eigenvalue weighted by Crippen LogP contribution is 2.39. The second-order valence-corrected chi connectivity index (χ2v) is 5.57. The zero-order chi connectivity index (χ0) is 13.6. The Morgan fingerprint density at radius 3 is 2.55 bits per heavy atom. The molecule has 2 aliphatic carbocycles. The molecule has 2 atom stereocenters. The van der Waals surface area contributed by atoms with Gasteiger partial charge in [-0.25, -0.2) is 8.78 Å². The van der Waals surface area contributed by atoms with Crippen molar-refractivity contribution < 1.29 is 13.6 Å². The van der Waals surface area contributed by atoms with Gasteiger partial charge in [0, 0.05) is 36.4 Å². The van der Waals surface area contributed by atoms with Gasteiger partial charge in [0.25, 0.3) is 11.8 Å². The number of carbonyl (C=O) groups is 1. The third kappa shape index (κ3) is 3.10. The number of rotatable bonds is 3. The summed E-state index contributed by atoms with van der Waals surface area (Å²) < 4.78 is 25.4. The van der Waals surface area contributed by atoms with Crippen molar-refractivity contribution in [1.82, 2.24) is 5.32 Å². The highest BCUT2D eigenvalue weighted by atomic mass is 35.5. The molecule has 0 bridgehead atoms. The molecule has 1 aromatic rings. The molecule has 2 fully saturated rings. The van der Waals surface area contributed by atoms with Gasteiger partial charge in [-0.15, -0.1) is 12.4 Å². The van der Waals surface area contributed by atoms with Gasteiger partial charge in [0.05, 0.1) is 0 Å². The standard InChI is InChI=1S/C14H16F2N2O.ClH/c15-14(16)6-10(7-14)18-13(19)9-3-1-2-8(4-9)11-5-12(11)17;/h1-4,10-12H,5-7,17H2,(H,18,19);1H. The maximum absolute atomic E-state index is 12.7. The minimum atomic E-state index is -2.61. The fourth-order valence-corrected chi connectivity index (χ4v) is 2.54. The lowest BCUT2D eigenvalue weighted by molar-refractivity contribution is -0.0901. The monoisotopic (exact) mass is 302 g/mol. The molecule has 2 aliphatic rings. The molecule has 0 saturated heterocycles. The van der Waals surface area contributed by atoms with Crippen molar-refractivity contribution in [3.63, 3.8) is 0 Å². The summed E-state index contributed by atoms with van der Waals surface area (Å²) in [6.07, 6.45) is 0.428. The van der Waals surface area contributed by atoms with Crippen molar-refractivity contribution in [2.75, 3.05) is 0 Å². The predicted octanol–water partition coefficient (Wildman–Crippen LogP) is 2.45. The summed E-state index contributed by atoms with van der Waals surface area (Å²) >= 11 is 0. The Morgan fingerprint density at radius 2 is 2.00 bits per heavy atom. The molecule has 0 radical (unpaired) electrons. The van der Waals surface area contributed by atoms with Crippen molar-refractivity contribution in [3.8, 4) is 0 Å². The predicted molar refractivity (Wildman–Crippen MR) is 74.5 cm³/mol. The zero-order valence-corrected chi connectivity index (χ0v) is 11.6. The van der Waals surface area contributed by atoms with Gasteiger partial charge < -0.3 is 11.1 Å². The number of nitrogens with two attached hydrogens (primary N) is 1. The van der Waals surface area contributed by atoms with Crippen LogP contribution in [0.5, 0.6) is 0 Å². The molecule has 2 saturated carbocycles. The lowest BCUT2D eigenvalue weighted by Crippen LogP contribution is -2.50. The number of halogens is 3. The molecule has 0 aromatic heterocycles. The smallest absolute Gasteiger partial charge is 0.252 e. The van der Waals surface area contributed by atoms with Gasteiger partial charge in [-0.1, -0.05) is 12.1 Å². The van der Waals surface area contributed by atoms with Crippen LogP contribution < -0.4 is 11.1 Å². The van der Waals surface area contributed by atoms with Crippen LogP contribution in [-0.2, 0) is 0 Å². The Morgan fingerprint density at radius 1 is 1.35 bits per heavy atom. The van der Waals surface area contributed by atoms with Crippen molar-refractivity contribution in [2.24, 2.45) is 5.73 Å². The van der Waals surface area contributed by atoms with Crippen molar-refractivity contribution in [3.05, 3.63) is 35.4 Å². The van der Waals surface area contributed by atoms with Crippen LogP contribution in [0.2, 0.25) is 0 Å². The molecular formula is C14H17ClF2N2O. The number of benzene rings is 1. The first-order chi connectivity index (χ1) is 8.94. The molecule has 6 heteroatoms. The van der Waals surface area contributed by atoms with E-state index in [2.05, 4.69) is 5.32 Å². The average Bonchev–Trinajstić information content (AvgIpc) is 3.04. The first kappa shape index (κ1) is 15.2. The summed E-state index contributed by atoms with van der Waals surface area (Å²) in [5.41, 5.74) is 7.36. The summed E-state index contributed by atoms with van der Waals surface area (Å²) in [7, 11) is 0. The molecule has 3 nitrogen and oxygen atoms in total. The number of hydrogen-bond donors (Lipinski definition) is 2. The second kappa shape index (κ2) is 5.30. The van der Waals surface area contributed by atoms with E-state index >= 15 is 0 Å². The summed E-state index contributed by atoms with van der Waals surface area (Å²) in [5.74, 6) is -2.56.